The number of hydrogen-bond donors (Lipinski definition) is 1. The number of halogens is 1. The average Bonchev–Trinajstić information content (AvgIpc) is 2.32. The van der Waals surface area contributed by atoms with E-state index in [-0.39, 0.29) is 0 Å². The fraction of sp³-hybridized carbons (Fsp3) is 0.600. The Morgan fingerprint density at radius 2 is 2.00 bits per heavy atom. The van der Waals surface area contributed by atoms with Crippen LogP contribution in [0, 0.1) is 13.8 Å². The summed E-state index contributed by atoms with van der Waals surface area (Å²) < 4.78 is 0. The van der Waals surface area contributed by atoms with Crippen LogP contribution in [0.25, 0.3) is 0 Å². The van der Waals surface area contributed by atoms with Gasteiger partial charge in [-0.1, -0.05) is 36.6 Å². The molecule has 1 aliphatic carbocycles. The lowest BCUT2D eigenvalue weighted by Crippen LogP contribution is -2.38. The first-order valence-corrected chi connectivity index (χ1v) is 7.04. The summed E-state index contributed by atoms with van der Waals surface area (Å²) in [7, 11) is 0. The van der Waals surface area contributed by atoms with Gasteiger partial charge in [0, 0.05) is 18.0 Å². The smallest absolute Gasteiger partial charge is 0.0489 e. The molecule has 0 spiro atoms. The van der Waals surface area contributed by atoms with Crippen molar-refractivity contribution in [3.8, 4) is 0 Å². The third-order valence-electron chi connectivity index (χ3n) is 3.74. The quantitative estimate of drug-likeness (QED) is 0.803. The van der Waals surface area contributed by atoms with E-state index >= 15 is 0 Å². The van der Waals surface area contributed by atoms with Crippen LogP contribution in [0.1, 0.15) is 42.4 Å². The van der Waals surface area contributed by atoms with Crippen molar-refractivity contribution in [2.75, 3.05) is 0 Å². The van der Waals surface area contributed by atoms with Gasteiger partial charge in [0.2, 0.25) is 0 Å². The molecule has 0 aromatic heterocycles. The molecular formula is C15H22ClN. The molecule has 17 heavy (non-hydrogen) atoms. The summed E-state index contributed by atoms with van der Waals surface area (Å²) in [5.41, 5.74) is 4.10. The molecule has 0 saturated heterocycles. The minimum Gasteiger partial charge on any atom is -0.308 e. The molecule has 0 radical (unpaired) electrons. The minimum absolute atomic E-state index is 0.314. The average molecular weight is 252 g/mol. The zero-order chi connectivity index (χ0) is 12.3. The second-order valence-corrected chi connectivity index (χ2v) is 5.78. The van der Waals surface area contributed by atoms with Crippen molar-refractivity contribution in [1.82, 2.24) is 5.32 Å². The standard InChI is InChI=1S/C15H22ClN/c1-11-7-8-12(2)13(9-11)10-17-15-6-4-3-5-14(15)16/h7-9,14-15,17H,3-6,10H2,1-2H3. The van der Waals surface area contributed by atoms with Crippen LogP contribution in [0.5, 0.6) is 0 Å². The zero-order valence-corrected chi connectivity index (χ0v) is 11.6. The largest absolute Gasteiger partial charge is 0.308 e. The Labute approximate surface area is 110 Å². The third kappa shape index (κ3) is 3.46. The monoisotopic (exact) mass is 251 g/mol. The Hall–Kier alpha value is -0.530. The SMILES string of the molecule is Cc1ccc(C)c(CNC2CCCCC2Cl)c1. The summed E-state index contributed by atoms with van der Waals surface area (Å²) in [6.07, 6.45) is 4.98. The van der Waals surface area contributed by atoms with Crippen LogP contribution >= 0.6 is 11.6 Å². The maximum atomic E-state index is 6.36. The van der Waals surface area contributed by atoms with E-state index in [1.165, 1.54) is 36.0 Å². The number of rotatable bonds is 3. The predicted octanol–water partition coefficient (Wildman–Crippen LogP) is 3.94. The molecule has 2 rings (SSSR count). The van der Waals surface area contributed by atoms with Crippen LogP contribution in [0.15, 0.2) is 18.2 Å². The highest BCUT2D eigenvalue weighted by Crippen LogP contribution is 2.23. The van der Waals surface area contributed by atoms with Crippen molar-refractivity contribution in [1.29, 1.82) is 0 Å². The van der Waals surface area contributed by atoms with Gasteiger partial charge in [-0.05, 0) is 37.8 Å². The van der Waals surface area contributed by atoms with Crippen molar-refractivity contribution in [3.05, 3.63) is 34.9 Å². The summed E-state index contributed by atoms with van der Waals surface area (Å²) in [6.45, 7) is 5.27. The van der Waals surface area contributed by atoms with E-state index in [4.69, 9.17) is 11.6 Å². The van der Waals surface area contributed by atoms with Crippen LogP contribution in [-0.2, 0) is 6.54 Å². The first-order chi connectivity index (χ1) is 8.16. The van der Waals surface area contributed by atoms with Gasteiger partial charge in [0.05, 0.1) is 0 Å². The molecule has 0 heterocycles. The maximum absolute atomic E-state index is 6.36. The summed E-state index contributed by atoms with van der Waals surface area (Å²) in [5.74, 6) is 0. The second-order valence-electron chi connectivity index (χ2n) is 5.22. The molecule has 1 aliphatic rings. The number of alkyl halides is 1. The van der Waals surface area contributed by atoms with E-state index in [2.05, 4.69) is 37.4 Å². The molecule has 1 nitrogen and oxygen atoms in total. The van der Waals surface area contributed by atoms with Crippen LogP contribution < -0.4 is 5.32 Å². The van der Waals surface area contributed by atoms with Crippen LogP contribution in [0.2, 0.25) is 0 Å². The highest BCUT2D eigenvalue weighted by Gasteiger charge is 2.22. The Balaban J connectivity index is 1.94. The summed E-state index contributed by atoms with van der Waals surface area (Å²) in [5, 5.41) is 3.94. The normalized spacial score (nSPS) is 24.9. The van der Waals surface area contributed by atoms with E-state index in [0.29, 0.717) is 11.4 Å². The van der Waals surface area contributed by atoms with Gasteiger partial charge in [-0.15, -0.1) is 11.6 Å². The molecule has 2 atom stereocenters. The zero-order valence-electron chi connectivity index (χ0n) is 10.8. The number of aryl methyl sites for hydroxylation is 2. The Bertz CT molecular complexity index is 375. The van der Waals surface area contributed by atoms with Gasteiger partial charge < -0.3 is 5.32 Å². The number of benzene rings is 1. The van der Waals surface area contributed by atoms with Gasteiger partial charge in [0.1, 0.15) is 0 Å². The maximum Gasteiger partial charge on any atom is 0.0489 e. The minimum atomic E-state index is 0.314. The Morgan fingerprint density at radius 1 is 1.24 bits per heavy atom. The summed E-state index contributed by atoms with van der Waals surface area (Å²) in [6, 6.07) is 7.13. The van der Waals surface area contributed by atoms with Gasteiger partial charge in [0.15, 0.2) is 0 Å². The first kappa shape index (κ1) is 12.9. The molecule has 2 heteroatoms. The number of nitrogens with one attached hydrogen (secondary N) is 1. The molecule has 1 fully saturated rings. The molecule has 94 valence electrons. The molecule has 0 bridgehead atoms. The van der Waals surface area contributed by atoms with Crippen LogP contribution in [-0.4, -0.2) is 11.4 Å². The Kier molecular flexibility index (Phi) is 4.47. The van der Waals surface area contributed by atoms with Crippen molar-refractivity contribution in [3.63, 3.8) is 0 Å². The van der Waals surface area contributed by atoms with Crippen molar-refractivity contribution >= 4 is 11.6 Å². The molecular weight excluding hydrogens is 230 g/mol. The fourth-order valence-corrected chi connectivity index (χ4v) is 2.92. The van der Waals surface area contributed by atoms with Crippen molar-refractivity contribution in [2.45, 2.75) is 57.5 Å². The first-order valence-electron chi connectivity index (χ1n) is 6.60. The van der Waals surface area contributed by atoms with E-state index in [9.17, 15) is 0 Å². The lowest BCUT2D eigenvalue weighted by atomic mass is 9.94. The molecule has 2 unspecified atom stereocenters. The highest BCUT2D eigenvalue weighted by molar-refractivity contribution is 6.21. The van der Waals surface area contributed by atoms with E-state index in [1.807, 2.05) is 0 Å². The highest BCUT2D eigenvalue weighted by atomic mass is 35.5. The second kappa shape index (κ2) is 5.88. The number of hydrogen-bond acceptors (Lipinski definition) is 1. The topological polar surface area (TPSA) is 12.0 Å². The Morgan fingerprint density at radius 3 is 2.76 bits per heavy atom. The lowest BCUT2D eigenvalue weighted by Gasteiger charge is -2.28. The molecule has 1 aromatic rings. The van der Waals surface area contributed by atoms with Gasteiger partial charge >= 0.3 is 0 Å². The van der Waals surface area contributed by atoms with E-state index < -0.39 is 0 Å². The molecule has 1 aromatic carbocycles. The van der Waals surface area contributed by atoms with Crippen molar-refractivity contribution in [2.24, 2.45) is 0 Å². The van der Waals surface area contributed by atoms with Gasteiger partial charge in [-0.25, -0.2) is 0 Å². The van der Waals surface area contributed by atoms with Crippen molar-refractivity contribution < 1.29 is 0 Å². The van der Waals surface area contributed by atoms with Gasteiger partial charge in [-0.2, -0.15) is 0 Å². The van der Waals surface area contributed by atoms with Crippen LogP contribution in [0.3, 0.4) is 0 Å². The van der Waals surface area contributed by atoms with E-state index in [1.54, 1.807) is 0 Å². The third-order valence-corrected chi connectivity index (χ3v) is 4.26. The molecule has 1 saturated carbocycles. The van der Waals surface area contributed by atoms with Gasteiger partial charge in [0.25, 0.3) is 0 Å². The summed E-state index contributed by atoms with van der Waals surface area (Å²) >= 11 is 6.36. The van der Waals surface area contributed by atoms with Gasteiger partial charge in [-0.3, -0.25) is 0 Å². The van der Waals surface area contributed by atoms with E-state index in [0.717, 1.165) is 13.0 Å². The molecule has 0 aliphatic heterocycles. The molecule has 1 N–H and O–H groups in total. The van der Waals surface area contributed by atoms with Crippen LogP contribution in [0.4, 0.5) is 0 Å². The lowest BCUT2D eigenvalue weighted by molar-refractivity contribution is 0.378. The summed E-state index contributed by atoms with van der Waals surface area (Å²) in [4.78, 5) is 0. The molecule has 0 amide bonds. The predicted molar refractivity (Wildman–Crippen MR) is 74.7 cm³/mol. The fourth-order valence-electron chi connectivity index (χ4n) is 2.55.